The zero-order valence-electron chi connectivity index (χ0n) is 13.3. The zero-order valence-corrected chi connectivity index (χ0v) is 14.3. The molecule has 0 amide bonds. The first-order chi connectivity index (χ1) is 9.51. The average Bonchev–Trinajstić information content (AvgIpc) is 2.47. The van der Waals surface area contributed by atoms with Crippen LogP contribution in [0, 0.1) is 5.92 Å². The fourth-order valence-corrected chi connectivity index (χ4v) is 5.20. The van der Waals surface area contributed by atoms with Gasteiger partial charge in [0.05, 0.1) is 0 Å². The lowest BCUT2D eigenvalue weighted by atomic mass is 9.83. The molecule has 108 valence electrons. The lowest BCUT2D eigenvalue weighted by Gasteiger charge is -2.27. The summed E-state index contributed by atoms with van der Waals surface area (Å²) in [6, 6.07) is 11.0. The molecule has 1 saturated carbocycles. The van der Waals surface area contributed by atoms with Crippen molar-refractivity contribution in [1.82, 2.24) is 0 Å². The lowest BCUT2D eigenvalue weighted by Crippen LogP contribution is -2.42. The normalized spacial score (nSPS) is 21.1. The second kappa shape index (κ2) is 6.58. The molecular formula is C19H28Si. The maximum Gasteiger partial charge on any atom is 0.106 e. The first-order valence-corrected chi connectivity index (χ1v) is 10.9. The molecule has 0 heterocycles. The molecule has 0 radical (unpaired) electrons. The number of allylic oxidation sites excluding steroid dienone is 3. The van der Waals surface area contributed by atoms with Crippen LogP contribution in [-0.2, 0) is 0 Å². The van der Waals surface area contributed by atoms with Crippen molar-refractivity contribution in [3.8, 4) is 0 Å². The molecule has 1 atom stereocenters. The summed E-state index contributed by atoms with van der Waals surface area (Å²) in [7, 11) is -1.46. The van der Waals surface area contributed by atoms with Crippen LogP contribution in [0.5, 0.6) is 0 Å². The minimum absolute atomic E-state index is 0.735. The van der Waals surface area contributed by atoms with E-state index in [1.165, 1.54) is 42.9 Å². The molecule has 0 N–H and O–H groups in total. The third-order valence-electron chi connectivity index (χ3n) is 5.07. The summed E-state index contributed by atoms with van der Waals surface area (Å²) in [5.74, 6) is 0.735. The minimum Gasteiger partial charge on any atom is -0.0996 e. The Labute approximate surface area is 125 Å². The van der Waals surface area contributed by atoms with Crippen molar-refractivity contribution in [2.24, 2.45) is 5.92 Å². The van der Waals surface area contributed by atoms with Crippen LogP contribution in [0.4, 0.5) is 0 Å². The SMILES string of the molecule is C=C1CCCCC1C/C=C(\C)[Si](C)(C)c1ccccc1. The van der Waals surface area contributed by atoms with Crippen LogP contribution in [0.3, 0.4) is 0 Å². The number of rotatable bonds is 4. The van der Waals surface area contributed by atoms with Crippen LogP contribution < -0.4 is 5.19 Å². The van der Waals surface area contributed by atoms with E-state index in [4.69, 9.17) is 0 Å². The van der Waals surface area contributed by atoms with Crippen LogP contribution in [0.1, 0.15) is 39.0 Å². The minimum atomic E-state index is -1.46. The van der Waals surface area contributed by atoms with E-state index < -0.39 is 8.07 Å². The Morgan fingerprint density at radius 3 is 2.60 bits per heavy atom. The smallest absolute Gasteiger partial charge is 0.0996 e. The molecule has 1 unspecified atom stereocenters. The van der Waals surface area contributed by atoms with E-state index in [1.54, 1.807) is 5.20 Å². The molecule has 1 aromatic rings. The highest BCUT2D eigenvalue weighted by Crippen LogP contribution is 2.31. The summed E-state index contributed by atoms with van der Waals surface area (Å²) in [4.78, 5) is 0. The molecule has 1 aromatic carbocycles. The van der Waals surface area contributed by atoms with E-state index >= 15 is 0 Å². The summed E-state index contributed by atoms with van der Waals surface area (Å²) in [6.07, 6.45) is 9.04. The van der Waals surface area contributed by atoms with Gasteiger partial charge in [-0.3, -0.25) is 0 Å². The van der Waals surface area contributed by atoms with Crippen LogP contribution in [0.25, 0.3) is 0 Å². The Bertz CT molecular complexity index is 482. The molecule has 0 bridgehead atoms. The number of hydrogen-bond donors (Lipinski definition) is 0. The van der Waals surface area contributed by atoms with E-state index in [9.17, 15) is 0 Å². The zero-order chi connectivity index (χ0) is 14.6. The fraction of sp³-hybridized carbons (Fsp3) is 0.474. The summed E-state index contributed by atoms with van der Waals surface area (Å²) in [5.41, 5.74) is 1.49. The van der Waals surface area contributed by atoms with Gasteiger partial charge in [-0.05, 0) is 38.5 Å². The van der Waals surface area contributed by atoms with Gasteiger partial charge in [-0.15, -0.1) is 0 Å². The Morgan fingerprint density at radius 1 is 1.25 bits per heavy atom. The highest BCUT2D eigenvalue weighted by molar-refractivity contribution is 6.95. The molecule has 0 nitrogen and oxygen atoms in total. The van der Waals surface area contributed by atoms with Crippen LogP contribution in [0.15, 0.2) is 53.8 Å². The van der Waals surface area contributed by atoms with E-state index in [0.717, 1.165) is 5.92 Å². The standard InChI is InChI=1S/C19H28Si/c1-16-10-8-9-11-18(16)15-14-17(2)20(3,4)19-12-6-5-7-13-19/h5-7,12-14,18H,1,8-11,15H2,2-4H3/b17-14+. The molecule has 1 heteroatoms. The summed E-state index contributed by atoms with van der Waals surface area (Å²) < 4.78 is 0. The summed E-state index contributed by atoms with van der Waals surface area (Å²) in [6.45, 7) is 11.5. The topological polar surface area (TPSA) is 0 Å². The third-order valence-corrected chi connectivity index (χ3v) is 9.02. The van der Waals surface area contributed by atoms with Crippen molar-refractivity contribution in [2.75, 3.05) is 0 Å². The van der Waals surface area contributed by atoms with E-state index in [0.29, 0.717) is 0 Å². The predicted octanol–water partition coefficient (Wildman–Crippen LogP) is 5.22. The van der Waals surface area contributed by atoms with Crippen molar-refractivity contribution in [3.05, 3.63) is 53.8 Å². The van der Waals surface area contributed by atoms with Crippen molar-refractivity contribution in [3.63, 3.8) is 0 Å². The van der Waals surface area contributed by atoms with Gasteiger partial charge < -0.3 is 0 Å². The van der Waals surface area contributed by atoms with Gasteiger partial charge in [0, 0.05) is 0 Å². The molecule has 1 aliphatic rings. The Morgan fingerprint density at radius 2 is 1.95 bits per heavy atom. The van der Waals surface area contributed by atoms with Crippen molar-refractivity contribution < 1.29 is 0 Å². The second-order valence-electron chi connectivity index (χ2n) is 6.71. The molecular weight excluding hydrogens is 256 g/mol. The average molecular weight is 285 g/mol. The van der Waals surface area contributed by atoms with Gasteiger partial charge in [0.25, 0.3) is 0 Å². The lowest BCUT2D eigenvalue weighted by molar-refractivity contribution is 0.458. The van der Waals surface area contributed by atoms with Crippen molar-refractivity contribution >= 4 is 13.3 Å². The first kappa shape index (κ1) is 15.3. The van der Waals surface area contributed by atoms with E-state index in [2.05, 4.69) is 63.0 Å². The van der Waals surface area contributed by atoms with Gasteiger partial charge in [-0.2, -0.15) is 0 Å². The predicted molar refractivity (Wildman–Crippen MR) is 93.0 cm³/mol. The Kier molecular flexibility index (Phi) is 5.04. The monoisotopic (exact) mass is 284 g/mol. The fourth-order valence-electron chi connectivity index (χ4n) is 3.09. The molecule has 0 aliphatic heterocycles. The largest absolute Gasteiger partial charge is 0.106 e. The van der Waals surface area contributed by atoms with E-state index in [-0.39, 0.29) is 0 Å². The first-order valence-electron chi connectivity index (χ1n) is 7.92. The highest BCUT2D eigenvalue weighted by atomic mass is 28.3. The maximum absolute atomic E-state index is 4.28. The van der Waals surface area contributed by atoms with Crippen LogP contribution in [0.2, 0.25) is 13.1 Å². The number of benzene rings is 1. The molecule has 1 aliphatic carbocycles. The van der Waals surface area contributed by atoms with Crippen molar-refractivity contribution in [2.45, 2.75) is 52.1 Å². The van der Waals surface area contributed by atoms with Gasteiger partial charge in [0.15, 0.2) is 0 Å². The number of hydrogen-bond acceptors (Lipinski definition) is 0. The van der Waals surface area contributed by atoms with Crippen LogP contribution in [-0.4, -0.2) is 8.07 Å². The van der Waals surface area contributed by atoms with Gasteiger partial charge in [-0.25, -0.2) is 0 Å². The molecule has 0 spiro atoms. The van der Waals surface area contributed by atoms with Gasteiger partial charge in [0.2, 0.25) is 0 Å². The molecule has 1 fully saturated rings. The maximum atomic E-state index is 4.28. The van der Waals surface area contributed by atoms with Gasteiger partial charge in [-0.1, -0.05) is 78.5 Å². The van der Waals surface area contributed by atoms with Crippen molar-refractivity contribution in [1.29, 1.82) is 0 Å². The quantitative estimate of drug-likeness (QED) is 0.525. The Hall–Kier alpha value is -1.08. The summed E-state index contributed by atoms with van der Waals surface area (Å²) in [5, 5.41) is 3.15. The Balaban J connectivity index is 2.07. The molecule has 0 aromatic heterocycles. The van der Waals surface area contributed by atoms with E-state index in [1.807, 2.05) is 0 Å². The molecule has 2 rings (SSSR count). The second-order valence-corrected chi connectivity index (χ2v) is 11.3. The van der Waals surface area contributed by atoms with Gasteiger partial charge in [0.1, 0.15) is 8.07 Å². The summed E-state index contributed by atoms with van der Waals surface area (Å²) >= 11 is 0. The third kappa shape index (κ3) is 3.52. The molecule has 0 saturated heterocycles. The molecule has 20 heavy (non-hydrogen) atoms. The highest BCUT2D eigenvalue weighted by Gasteiger charge is 2.25. The van der Waals surface area contributed by atoms with Gasteiger partial charge >= 0.3 is 0 Å². The van der Waals surface area contributed by atoms with Crippen LogP contribution >= 0.6 is 0 Å².